The lowest BCUT2D eigenvalue weighted by atomic mass is 10.1. The summed E-state index contributed by atoms with van der Waals surface area (Å²) >= 11 is 0. The molecule has 0 spiro atoms. The number of nitrogens with zero attached hydrogens (tertiary/aromatic N) is 2. The molecule has 6 nitrogen and oxygen atoms in total. The molecule has 0 atom stereocenters. The lowest BCUT2D eigenvalue weighted by Crippen LogP contribution is -2.27. The van der Waals surface area contributed by atoms with Crippen molar-refractivity contribution in [3.8, 4) is 23.0 Å². The first-order valence-electron chi connectivity index (χ1n) is 9.71. The van der Waals surface area contributed by atoms with Crippen LogP contribution in [0, 0.1) is 6.92 Å². The van der Waals surface area contributed by atoms with Crippen LogP contribution in [0.5, 0.6) is 11.5 Å². The van der Waals surface area contributed by atoms with E-state index < -0.39 is 0 Å². The molecule has 150 valence electrons. The van der Waals surface area contributed by atoms with Gasteiger partial charge >= 0.3 is 0 Å². The molecule has 2 heterocycles. The van der Waals surface area contributed by atoms with Gasteiger partial charge < -0.3 is 18.8 Å². The van der Waals surface area contributed by atoms with Crippen LogP contribution in [-0.2, 0) is 11.3 Å². The smallest absolute Gasteiger partial charge is 0.231 e. The Morgan fingerprint density at radius 1 is 1.00 bits per heavy atom. The molecule has 0 fully saturated rings. The summed E-state index contributed by atoms with van der Waals surface area (Å²) in [6, 6.07) is 19.3. The van der Waals surface area contributed by atoms with Crippen LogP contribution in [-0.4, -0.2) is 17.7 Å². The van der Waals surface area contributed by atoms with Crippen LogP contribution in [0.25, 0.3) is 22.6 Å². The molecule has 0 unspecified atom stereocenters. The first-order chi connectivity index (χ1) is 14.6. The lowest BCUT2D eigenvalue weighted by molar-refractivity contribution is -0.116. The van der Waals surface area contributed by atoms with Gasteiger partial charge in [0.15, 0.2) is 17.1 Å². The summed E-state index contributed by atoms with van der Waals surface area (Å²) in [5, 5.41) is 0. The molecular weight excluding hydrogens is 380 g/mol. The van der Waals surface area contributed by atoms with Crippen molar-refractivity contribution in [2.75, 3.05) is 11.7 Å². The number of rotatable bonds is 4. The Morgan fingerprint density at radius 2 is 1.80 bits per heavy atom. The number of aryl methyl sites for hydroxylation is 1. The Labute approximate surface area is 173 Å². The summed E-state index contributed by atoms with van der Waals surface area (Å²) in [5.41, 5.74) is 5.20. The summed E-state index contributed by atoms with van der Waals surface area (Å²) in [4.78, 5) is 18.7. The molecule has 0 bridgehead atoms. The van der Waals surface area contributed by atoms with Crippen LogP contribution < -0.4 is 14.4 Å². The number of ether oxygens (including phenoxy) is 2. The molecule has 0 aliphatic carbocycles. The zero-order valence-electron chi connectivity index (χ0n) is 16.7. The summed E-state index contributed by atoms with van der Waals surface area (Å²) in [5.74, 6) is 1.92. The predicted molar refractivity (Wildman–Crippen MR) is 114 cm³/mol. The van der Waals surface area contributed by atoms with Crippen LogP contribution in [0.15, 0.2) is 65.1 Å². The van der Waals surface area contributed by atoms with Crippen LogP contribution in [0.2, 0.25) is 0 Å². The van der Waals surface area contributed by atoms with E-state index in [9.17, 15) is 4.79 Å². The Balaban J connectivity index is 1.46. The number of oxazole rings is 1. The molecule has 1 amide bonds. The number of anilines is 1. The third-order valence-corrected chi connectivity index (χ3v) is 5.14. The number of amides is 1. The standard InChI is InChI=1S/C24H20N2O4/c1-15-3-6-18(7-4-15)24-25-20-12-19(8-10-21(20)30-24)26(16(2)27)13-17-5-9-22-23(11-17)29-14-28-22/h3-12H,13-14H2,1-2H3. The second-order valence-corrected chi connectivity index (χ2v) is 7.33. The van der Waals surface area contributed by atoms with Gasteiger partial charge in [-0.15, -0.1) is 0 Å². The fourth-order valence-electron chi connectivity index (χ4n) is 3.51. The first-order valence-corrected chi connectivity index (χ1v) is 9.71. The Morgan fingerprint density at radius 3 is 2.60 bits per heavy atom. The van der Waals surface area contributed by atoms with Crippen LogP contribution in [0.3, 0.4) is 0 Å². The fourth-order valence-corrected chi connectivity index (χ4v) is 3.51. The maximum absolute atomic E-state index is 12.4. The molecule has 30 heavy (non-hydrogen) atoms. The number of carbonyl (C=O) groups excluding carboxylic acids is 1. The number of aromatic nitrogens is 1. The Kier molecular flexibility index (Phi) is 4.39. The monoisotopic (exact) mass is 400 g/mol. The zero-order valence-corrected chi connectivity index (χ0v) is 16.7. The average Bonchev–Trinajstić information content (AvgIpc) is 3.38. The van der Waals surface area contributed by atoms with Crippen LogP contribution in [0.1, 0.15) is 18.1 Å². The van der Waals surface area contributed by atoms with Gasteiger partial charge in [-0.3, -0.25) is 4.79 Å². The highest BCUT2D eigenvalue weighted by molar-refractivity contribution is 5.93. The second kappa shape index (κ2) is 7.22. The van der Waals surface area contributed by atoms with Crippen molar-refractivity contribution >= 4 is 22.7 Å². The van der Waals surface area contributed by atoms with E-state index in [0.717, 1.165) is 22.6 Å². The van der Waals surface area contributed by atoms with E-state index in [1.807, 2.05) is 67.6 Å². The van der Waals surface area contributed by atoms with Crippen molar-refractivity contribution in [2.24, 2.45) is 0 Å². The SMILES string of the molecule is CC(=O)N(Cc1ccc2c(c1)OCO2)c1ccc2oc(-c3ccc(C)cc3)nc2c1. The highest BCUT2D eigenvalue weighted by Crippen LogP contribution is 2.34. The van der Waals surface area contributed by atoms with E-state index in [-0.39, 0.29) is 12.7 Å². The molecule has 0 radical (unpaired) electrons. The number of benzene rings is 3. The molecule has 0 N–H and O–H groups in total. The Bertz CT molecular complexity index is 1240. The molecule has 3 aromatic carbocycles. The van der Waals surface area contributed by atoms with Crippen molar-refractivity contribution in [2.45, 2.75) is 20.4 Å². The van der Waals surface area contributed by atoms with Gasteiger partial charge in [-0.05, 0) is 55.0 Å². The van der Waals surface area contributed by atoms with E-state index in [0.29, 0.717) is 29.3 Å². The minimum atomic E-state index is -0.0609. The second-order valence-electron chi connectivity index (χ2n) is 7.33. The molecule has 6 heteroatoms. The molecule has 1 aromatic heterocycles. The minimum absolute atomic E-state index is 0.0609. The highest BCUT2D eigenvalue weighted by Gasteiger charge is 2.18. The van der Waals surface area contributed by atoms with Gasteiger partial charge in [0.05, 0.1) is 6.54 Å². The Hall–Kier alpha value is -3.80. The topological polar surface area (TPSA) is 64.8 Å². The van der Waals surface area contributed by atoms with Crippen molar-refractivity contribution < 1.29 is 18.7 Å². The van der Waals surface area contributed by atoms with Gasteiger partial charge in [-0.25, -0.2) is 4.98 Å². The van der Waals surface area contributed by atoms with Gasteiger partial charge in [-0.1, -0.05) is 23.8 Å². The molecule has 0 saturated carbocycles. The summed E-state index contributed by atoms with van der Waals surface area (Å²) in [6.45, 7) is 4.23. The van der Waals surface area contributed by atoms with Gasteiger partial charge in [0, 0.05) is 18.2 Å². The molecule has 4 aromatic rings. The zero-order chi connectivity index (χ0) is 20.7. The maximum atomic E-state index is 12.4. The average molecular weight is 400 g/mol. The fraction of sp³-hybridized carbons (Fsp3) is 0.167. The minimum Gasteiger partial charge on any atom is -0.454 e. The van der Waals surface area contributed by atoms with Gasteiger partial charge in [0.1, 0.15) is 5.52 Å². The number of carbonyl (C=O) groups is 1. The van der Waals surface area contributed by atoms with E-state index in [1.165, 1.54) is 5.56 Å². The van der Waals surface area contributed by atoms with Crippen molar-refractivity contribution in [3.63, 3.8) is 0 Å². The van der Waals surface area contributed by atoms with E-state index in [4.69, 9.17) is 13.9 Å². The van der Waals surface area contributed by atoms with E-state index in [2.05, 4.69) is 4.98 Å². The molecule has 5 rings (SSSR count). The number of hydrogen-bond acceptors (Lipinski definition) is 5. The normalized spacial score (nSPS) is 12.3. The molecular formula is C24H20N2O4. The third-order valence-electron chi connectivity index (χ3n) is 5.14. The quantitative estimate of drug-likeness (QED) is 0.478. The van der Waals surface area contributed by atoms with Gasteiger partial charge in [-0.2, -0.15) is 0 Å². The van der Waals surface area contributed by atoms with Crippen molar-refractivity contribution in [1.82, 2.24) is 4.98 Å². The predicted octanol–water partition coefficient (Wildman–Crippen LogP) is 5.09. The van der Waals surface area contributed by atoms with Crippen molar-refractivity contribution in [1.29, 1.82) is 0 Å². The summed E-state index contributed by atoms with van der Waals surface area (Å²) < 4.78 is 16.7. The largest absolute Gasteiger partial charge is 0.454 e. The lowest BCUT2D eigenvalue weighted by Gasteiger charge is -2.21. The molecule has 1 aliphatic rings. The first kappa shape index (κ1) is 18.2. The highest BCUT2D eigenvalue weighted by atomic mass is 16.7. The maximum Gasteiger partial charge on any atom is 0.231 e. The molecule has 1 aliphatic heterocycles. The number of hydrogen-bond donors (Lipinski definition) is 0. The summed E-state index contributed by atoms with van der Waals surface area (Å²) in [7, 11) is 0. The summed E-state index contributed by atoms with van der Waals surface area (Å²) in [6.07, 6.45) is 0. The van der Waals surface area contributed by atoms with E-state index in [1.54, 1.807) is 11.8 Å². The van der Waals surface area contributed by atoms with Crippen LogP contribution in [0.4, 0.5) is 5.69 Å². The van der Waals surface area contributed by atoms with Crippen molar-refractivity contribution in [3.05, 3.63) is 71.8 Å². The third kappa shape index (κ3) is 3.37. The molecule has 0 saturated heterocycles. The number of fused-ring (bicyclic) bond motifs is 2. The van der Waals surface area contributed by atoms with E-state index >= 15 is 0 Å². The van der Waals surface area contributed by atoms with Crippen LogP contribution >= 0.6 is 0 Å². The van der Waals surface area contributed by atoms with Gasteiger partial charge in [0.25, 0.3) is 0 Å². The van der Waals surface area contributed by atoms with Gasteiger partial charge in [0.2, 0.25) is 18.6 Å².